The van der Waals surface area contributed by atoms with E-state index in [1.165, 1.54) is 0 Å². The summed E-state index contributed by atoms with van der Waals surface area (Å²) in [6.07, 6.45) is 0. The topological polar surface area (TPSA) is 0 Å². The van der Waals surface area contributed by atoms with E-state index >= 15 is 0 Å². The van der Waals surface area contributed by atoms with Gasteiger partial charge in [0, 0.05) is 0 Å². The summed E-state index contributed by atoms with van der Waals surface area (Å²) in [4.78, 5) is 0. The van der Waals surface area contributed by atoms with E-state index < -0.39 is 8.07 Å². The Morgan fingerprint density at radius 3 is 1.17 bits per heavy atom. The Morgan fingerprint density at radius 2 is 1.17 bits per heavy atom. The van der Waals surface area contributed by atoms with Crippen LogP contribution in [0.2, 0.25) is 19.6 Å². The van der Waals surface area contributed by atoms with Gasteiger partial charge in [0.2, 0.25) is 0 Å². The zero-order valence-electron chi connectivity index (χ0n) is 5.21. The summed E-state index contributed by atoms with van der Waals surface area (Å²) in [5, 5.41) is 0. The third kappa shape index (κ3) is 62.6. The molecule has 0 saturated heterocycles. The van der Waals surface area contributed by atoms with Gasteiger partial charge in [-0.05, 0) is 0 Å². The first-order chi connectivity index (χ1) is 2.00. The van der Waals surface area contributed by atoms with Gasteiger partial charge in [0.15, 0.2) is 0 Å². The molecule has 0 nitrogen and oxygen atoms in total. The molecule has 0 bridgehead atoms. The minimum absolute atomic E-state index is 0. The molecule has 0 aromatic rings. The fraction of sp³-hybridized carbons (Fsp3) is 0.750. The molecule has 0 heterocycles. The largest absolute Gasteiger partial charge is 1.00 e. The summed E-state index contributed by atoms with van der Waals surface area (Å²) >= 11 is 0. The Labute approximate surface area is 63.6 Å². The van der Waals surface area contributed by atoms with Crippen LogP contribution in [0.4, 0.5) is 0 Å². The molecule has 0 aromatic carbocycles. The van der Waals surface area contributed by atoms with E-state index in [9.17, 15) is 0 Å². The van der Waals surface area contributed by atoms with Crippen molar-refractivity contribution in [2.24, 2.45) is 0 Å². The first kappa shape index (κ1) is 10.2. The monoisotopic (exact) mass is 110 g/mol. The molecule has 0 rings (SSSR count). The van der Waals surface area contributed by atoms with Crippen LogP contribution in [-0.4, -0.2) is 8.07 Å². The Balaban J connectivity index is 0. The first-order valence-corrected chi connectivity index (χ1v) is 5.56. The Kier molecular flexibility index (Phi) is 5.55. The van der Waals surface area contributed by atoms with Crippen LogP contribution < -0.4 is 29.6 Å². The molecule has 0 saturated carbocycles. The van der Waals surface area contributed by atoms with Crippen LogP contribution in [0.1, 0.15) is 0 Å². The van der Waals surface area contributed by atoms with Crippen molar-refractivity contribution in [1.29, 1.82) is 0 Å². The number of hydrogen-bond acceptors (Lipinski definition) is 0. The average molecular weight is 110 g/mol. The summed E-state index contributed by atoms with van der Waals surface area (Å²) in [6.45, 7) is 10.6. The minimum atomic E-state index is -0.861. The zero-order chi connectivity index (χ0) is 4.50. The van der Waals surface area contributed by atoms with Gasteiger partial charge in [-0.3, -0.25) is 0 Å². The summed E-state index contributed by atoms with van der Waals surface area (Å²) < 4.78 is 0. The van der Waals surface area contributed by atoms with Crippen molar-refractivity contribution >= 4 is 8.07 Å². The zero-order valence-corrected chi connectivity index (χ0v) is 8.21. The van der Waals surface area contributed by atoms with Crippen LogP contribution in [-0.2, 0) is 0 Å². The molecule has 32 valence electrons. The third-order valence-corrected chi connectivity index (χ3v) is 0. The van der Waals surface area contributed by atoms with E-state index in [0.717, 1.165) is 0 Å². The van der Waals surface area contributed by atoms with Crippen LogP contribution in [0.25, 0.3) is 0 Å². The van der Waals surface area contributed by atoms with Crippen molar-refractivity contribution in [3.63, 3.8) is 0 Å². The summed E-state index contributed by atoms with van der Waals surface area (Å²) in [6, 6.07) is 0. The SMILES string of the molecule is [CH2-][Si](C)(C)C.[Na+]. The average Bonchev–Trinajstić information content (AvgIpc) is 0.722. The van der Waals surface area contributed by atoms with E-state index in [4.69, 9.17) is 0 Å². The van der Waals surface area contributed by atoms with Crippen LogP contribution in [0.5, 0.6) is 0 Å². The van der Waals surface area contributed by atoms with Crippen molar-refractivity contribution in [3.8, 4) is 0 Å². The van der Waals surface area contributed by atoms with Gasteiger partial charge in [0.05, 0.1) is 0 Å². The molecule has 0 aliphatic carbocycles. The Morgan fingerprint density at radius 1 is 1.17 bits per heavy atom. The fourth-order valence-electron chi connectivity index (χ4n) is 0. The maximum absolute atomic E-state index is 3.91. The van der Waals surface area contributed by atoms with Crippen molar-refractivity contribution in [3.05, 3.63) is 6.55 Å². The molecule has 0 aromatic heterocycles. The Hall–Kier alpha value is 1.22. The fourth-order valence-corrected chi connectivity index (χ4v) is 0. The molecule has 0 spiro atoms. The number of rotatable bonds is 0. The second-order valence-electron chi connectivity index (χ2n) is 2.56. The quantitative estimate of drug-likeness (QED) is 0.269. The molecule has 6 heavy (non-hydrogen) atoms. The van der Waals surface area contributed by atoms with Crippen LogP contribution in [0.3, 0.4) is 0 Å². The van der Waals surface area contributed by atoms with Gasteiger partial charge in [0.25, 0.3) is 0 Å². The van der Waals surface area contributed by atoms with Gasteiger partial charge in [-0.2, -0.15) is 0 Å². The second-order valence-corrected chi connectivity index (χ2v) is 7.68. The summed E-state index contributed by atoms with van der Waals surface area (Å²) in [5.41, 5.74) is 0. The maximum atomic E-state index is 3.91. The summed E-state index contributed by atoms with van der Waals surface area (Å²) in [7, 11) is -0.861. The predicted octanol–water partition coefficient (Wildman–Crippen LogP) is -1.30. The van der Waals surface area contributed by atoms with Crippen LogP contribution in [0.15, 0.2) is 0 Å². The molecule has 0 fully saturated rings. The van der Waals surface area contributed by atoms with Gasteiger partial charge >= 0.3 is 29.6 Å². The molecule has 0 aliphatic rings. The molecular weight excluding hydrogens is 99.1 g/mol. The third-order valence-electron chi connectivity index (χ3n) is 0. The molecule has 0 aliphatic heterocycles. The normalized spacial score (nSPS) is 10.0. The van der Waals surface area contributed by atoms with Gasteiger partial charge in [-0.15, -0.1) is 8.07 Å². The smallest absolute Gasteiger partial charge is 0.342 e. The summed E-state index contributed by atoms with van der Waals surface area (Å²) in [5.74, 6) is 0. The molecule has 0 N–H and O–H groups in total. The maximum Gasteiger partial charge on any atom is 1.00 e. The van der Waals surface area contributed by atoms with Gasteiger partial charge in [-0.25, -0.2) is 0 Å². The molecule has 0 radical (unpaired) electrons. The van der Waals surface area contributed by atoms with E-state index in [1.54, 1.807) is 0 Å². The van der Waals surface area contributed by atoms with E-state index in [2.05, 4.69) is 26.2 Å². The minimum Gasteiger partial charge on any atom is -0.342 e. The molecule has 0 amide bonds. The van der Waals surface area contributed by atoms with E-state index in [0.29, 0.717) is 0 Å². The van der Waals surface area contributed by atoms with Crippen molar-refractivity contribution < 1.29 is 29.6 Å². The molecule has 0 unspecified atom stereocenters. The van der Waals surface area contributed by atoms with Gasteiger partial charge in [0.1, 0.15) is 0 Å². The molecule has 2 heteroatoms. The van der Waals surface area contributed by atoms with E-state index in [1.807, 2.05) is 0 Å². The van der Waals surface area contributed by atoms with Crippen molar-refractivity contribution in [2.75, 3.05) is 0 Å². The van der Waals surface area contributed by atoms with Gasteiger partial charge < -0.3 is 6.55 Å². The predicted molar refractivity (Wildman–Crippen MR) is 28.7 cm³/mol. The second kappa shape index (κ2) is 3.25. The number of hydrogen-bond donors (Lipinski definition) is 0. The standard InChI is InChI=1S/C4H11Si.Na/c1-5(2,3)4;/h1H2,2-4H3;/q-1;+1. The van der Waals surface area contributed by atoms with Crippen molar-refractivity contribution in [2.45, 2.75) is 19.6 Å². The molecule has 0 atom stereocenters. The van der Waals surface area contributed by atoms with Crippen molar-refractivity contribution in [1.82, 2.24) is 0 Å². The van der Waals surface area contributed by atoms with Gasteiger partial charge in [-0.1, -0.05) is 19.6 Å². The first-order valence-electron chi connectivity index (χ1n) is 1.85. The Bertz CT molecular complexity index is 23.0. The van der Waals surface area contributed by atoms with Crippen LogP contribution >= 0.6 is 0 Å². The molecular formula is C4H11NaSi. The van der Waals surface area contributed by atoms with E-state index in [-0.39, 0.29) is 29.6 Å². The van der Waals surface area contributed by atoms with Crippen LogP contribution in [0, 0.1) is 6.55 Å².